The maximum atomic E-state index is 12.7. The van der Waals surface area contributed by atoms with Crippen LogP contribution in [-0.2, 0) is 4.79 Å². The van der Waals surface area contributed by atoms with E-state index < -0.39 is 0 Å². The van der Waals surface area contributed by atoms with Gasteiger partial charge < -0.3 is 15.0 Å². The molecule has 1 aliphatic heterocycles. The molecular formula is C20H25N7O2. The van der Waals surface area contributed by atoms with Crippen LogP contribution in [0.25, 0.3) is 5.65 Å². The van der Waals surface area contributed by atoms with Crippen LogP contribution in [0.15, 0.2) is 36.4 Å². The van der Waals surface area contributed by atoms with Crippen LogP contribution in [0.5, 0.6) is 5.75 Å². The number of amides is 1. The highest BCUT2D eigenvalue weighted by Gasteiger charge is 2.27. The molecule has 1 atom stereocenters. The van der Waals surface area contributed by atoms with Gasteiger partial charge in [0.2, 0.25) is 5.91 Å². The molecule has 1 unspecified atom stereocenters. The van der Waals surface area contributed by atoms with Crippen LogP contribution in [-0.4, -0.2) is 50.9 Å². The predicted octanol–water partition coefficient (Wildman–Crippen LogP) is 2.01. The second-order valence-corrected chi connectivity index (χ2v) is 7.21. The van der Waals surface area contributed by atoms with E-state index in [-0.39, 0.29) is 17.9 Å². The molecule has 9 heteroatoms. The van der Waals surface area contributed by atoms with Gasteiger partial charge in [-0.2, -0.15) is 0 Å². The minimum atomic E-state index is -0.0416. The summed E-state index contributed by atoms with van der Waals surface area (Å²) < 4.78 is 6.90. The quantitative estimate of drug-likeness (QED) is 0.682. The third kappa shape index (κ3) is 4.28. The number of anilines is 1. The minimum Gasteiger partial charge on any atom is -0.494 e. The summed E-state index contributed by atoms with van der Waals surface area (Å²) in [6.45, 7) is 6.16. The molecule has 2 aromatic heterocycles. The Balaban J connectivity index is 1.31. The highest BCUT2D eigenvalue weighted by molar-refractivity contribution is 5.79. The molecule has 0 saturated carbocycles. The van der Waals surface area contributed by atoms with Crippen molar-refractivity contribution in [3.63, 3.8) is 0 Å². The van der Waals surface area contributed by atoms with Crippen molar-refractivity contribution >= 4 is 17.4 Å². The number of fused-ring (bicyclic) bond motifs is 1. The molecule has 0 bridgehead atoms. The van der Waals surface area contributed by atoms with E-state index in [4.69, 9.17) is 4.74 Å². The molecule has 152 valence electrons. The van der Waals surface area contributed by atoms with E-state index in [2.05, 4.69) is 30.8 Å². The summed E-state index contributed by atoms with van der Waals surface area (Å²) in [6, 6.07) is 11.6. The molecule has 1 aromatic carbocycles. The van der Waals surface area contributed by atoms with Gasteiger partial charge in [-0.25, -0.2) is 0 Å². The number of carbonyl (C=O) groups excluding carboxylic acids is 1. The van der Waals surface area contributed by atoms with Gasteiger partial charge in [0.05, 0.1) is 12.6 Å². The largest absolute Gasteiger partial charge is 0.494 e. The smallest absolute Gasteiger partial charge is 0.223 e. The number of nitrogens with zero attached hydrogens (tertiary/aromatic N) is 6. The van der Waals surface area contributed by atoms with E-state index in [1.165, 1.54) is 4.63 Å². The minimum absolute atomic E-state index is 0.00756. The SMILES string of the molecule is CCOc1ccc(C(C)NC(=O)C2CCN(c3ccc4nnnn4n3)CC2)cc1. The number of carbonyl (C=O) groups is 1. The fourth-order valence-electron chi connectivity index (χ4n) is 3.61. The summed E-state index contributed by atoms with van der Waals surface area (Å²) in [6.07, 6.45) is 1.58. The summed E-state index contributed by atoms with van der Waals surface area (Å²) in [5, 5.41) is 18.9. The lowest BCUT2D eigenvalue weighted by Gasteiger charge is -2.32. The number of rotatable bonds is 6. The molecule has 0 aliphatic carbocycles. The van der Waals surface area contributed by atoms with Crippen molar-refractivity contribution in [2.24, 2.45) is 5.92 Å². The molecule has 1 aliphatic rings. The Morgan fingerprint density at radius 2 is 1.97 bits per heavy atom. The molecule has 4 rings (SSSR count). The van der Waals surface area contributed by atoms with Crippen LogP contribution in [0.4, 0.5) is 5.82 Å². The molecule has 1 amide bonds. The van der Waals surface area contributed by atoms with Crippen molar-refractivity contribution in [2.45, 2.75) is 32.7 Å². The number of hydrogen-bond acceptors (Lipinski definition) is 7. The average Bonchev–Trinajstić information content (AvgIpc) is 3.22. The van der Waals surface area contributed by atoms with Gasteiger partial charge in [-0.1, -0.05) is 12.1 Å². The van der Waals surface area contributed by atoms with Gasteiger partial charge >= 0.3 is 0 Å². The molecule has 9 nitrogen and oxygen atoms in total. The molecule has 1 N–H and O–H groups in total. The van der Waals surface area contributed by atoms with Gasteiger partial charge in [0.1, 0.15) is 5.75 Å². The number of aromatic nitrogens is 5. The summed E-state index contributed by atoms with van der Waals surface area (Å²) in [5.74, 6) is 1.78. The zero-order valence-corrected chi connectivity index (χ0v) is 16.7. The normalized spacial score (nSPS) is 16.0. The molecule has 3 heterocycles. The van der Waals surface area contributed by atoms with E-state index in [0.29, 0.717) is 12.3 Å². The van der Waals surface area contributed by atoms with Crippen molar-refractivity contribution in [3.05, 3.63) is 42.0 Å². The fraction of sp³-hybridized carbons (Fsp3) is 0.450. The van der Waals surface area contributed by atoms with Crippen molar-refractivity contribution in [2.75, 3.05) is 24.6 Å². The third-order valence-corrected chi connectivity index (χ3v) is 5.30. The van der Waals surface area contributed by atoms with E-state index >= 15 is 0 Å². The molecule has 3 aromatic rings. The first-order valence-electron chi connectivity index (χ1n) is 9.97. The lowest BCUT2D eigenvalue weighted by molar-refractivity contribution is -0.126. The first-order chi connectivity index (χ1) is 14.1. The van der Waals surface area contributed by atoms with Gasteiger partial charge in [0.25, 0.3) is 0 Å². The van der Waals surface area contributed by atoms with Gasteiger partial charge in [0.15, 0.2) is 11.5 Å². The molecule has 0 radical (unpaired) electrons. The first-order valence-corrected chi connectivity index (χ1v) is 9.97. The van der Waals surface area contributed by atoms with Crippen molar-refractivity contribution in [3.8, 4) is 5.75 Å². The maximum absolute atomic E-state index is 12.7. The number of piperidine rings is 1. The van der Waals surface area contributed by atoms with Gasteiger partial charge in [-0.15, -0.1) is 14.8 Å². The Morgan fingerprint density at radius 3 is 2.69 bits per heavy atom. The Labute approximate surface area is 169 Å². The molecule has 0 spiro atoms. The van der Waals surface area contributed by atoms with E-state index in [1.54, 1.807) is 0 Å². The Bertz CT molecular complexity index is 964. The lowest BCUT2D eigenvalue weighted by Crippen LogP contribution is -2.41. The Morgan fingerprint density at radius 1 is 1.21 bits per heavy atom. The van der Waals surface area contributed by atoms with Crippen molar-refractivity contribution in [1.82, 2.24) is 30.6 Å². The van der Waals surface area contributed by atoms with E-state index in [1.807, 2.05) is 50.2 Å². The summed E-state index contributed by atoms with van der Waals surface area (Å²) in [5.41, 5.74) is 1.68. The molecular weight excluding hydrogens is 370 g/mol. The van der Waals surface area contributed by atoms with Gasteiger partial charge in [-0.3, -0.25) is 4.79 Å². The highest BCUT2D eigenvalue weighted by Crippen LogP contribution is 2.23. The number of benzene rings is 1. The van der Waals surface area contributed by atoms with Crippen LogP contribution in [0.3, 0.4) is 0 Å². The van der Waals surface area contributed by atoms with Crippen LogP contribution < -0.4 is 15.0 Å². The average molecular weight is 395 g/mol. The van der Waals surface area contributed by atoms with E-state index in [9.17, 15) is 4.79 Å². The molecule has 1 fully saturated rings. The second kappa shape index (κ2) is 8.42. The topological polar surface area (TPSA) is 97.5 Å². The number of tetrazole rings is 1. The van der Waals surface area contributed by atoms with Crippen LogP contribution in [0.1, 0.15) is 38.3 Å². The number of nitrogens with one attached hydrogen (secondary N) is 1. The predicted molar refractivity (Wildman–Crippen MR) is 108 cm³/mol. The zero-order valence-electron chi connectivity index (χ0n) is 16.7. The number of ether oxygens (including phenoxy) is 1. The van der Waals surface area contributed by atoms with Crippen LogP contribution in [0.2, 0.25) is 0 Å². The summed E-state index contributed by atoms with van der Waals surface area (Å²) in [7, 11) is 0. The van der Waals surface area contributed by atoms with Crippen molar-refractivity contribution < 1.29 is 9.53 Å². The second-order valence-electron chi connectivity index (χ2n) is 7.21. The Kier molecular flexibility index (Phi) is 5.55. The van der Waals surface area contributed by atoms with E-state index in [0.717, 1.165) is 43.1 Å². The van der Waals surface area contributed by atoms with Gasteiger partial charge in [-0.05, 0) is 66.9 Å². The maximum Gasteiger partial charge on any atom is 0.223 e. The standard InChI is InChI=1S/C20H25N7O2/c1-3-29-17-6-4-15(5-7-17)14(2)21-20(28)16-10-12-26(13-11-16)19-9-8-18-22-24-25-27(18)23-19/h4-9,14,16H,3,10-13H2,1-2H3,(H,21,28). The summed E-state index contributed by atoms with van der Waals surface area (Å²) in [4.78, 5) is 14.9. The van der Waals surface area contributed by atoms with Gasteiger partial charge in [0, 0.05) is 19.0 Å². The first kappa shape index (κ1) is 19.1. The Hall–Kier alpha value is -3.23. The van der Waals surface area contributed by atoms with Crippen molar-refractivity contribution in [1.29, 1.82) is 0 Å². The lowest BCUT2D eigenvalue weighted by atomic mass is 9.95. The third-order valence-electron chi connectivity index (χ3n) is 5.30. The van der Waals surface area contributed by atoms with Crippen LogP contribution in [0, 0.1) is 5.92 Å². The fourth-order valence-corrected chi connectivity index (χ4v) is 3.61. The zero-order chi connectivity index (χ0) is 20.2. The number of hydrogen-bond donors (Lipinski definition) is 1. The highest BCUT2D eigenvalue weighted by atomic mass is 16.5. The monoisotopic (exact) mass is 395 g/mol. The molecule has 29 heavy (non-hydrogen) atoms. The summed E-state index contributed by atoms with van der Waals surface area (Å²) >= 11 is 0. The molecule has 1 saturated heterocycles. The van der Waals surface area contributed by atoms with Crippen LogP contribution >= 0.6 is 0 Å².